The number of ether oxygens (including phenoxy) is 1. The lowest BCUT2D eigenvalue weighted by molar-refractivity contribution is -0.120. The third-order valence-electron chi connectivity index (χ3n) is 3.89. The van der Waals surface area contributed by atoms with Crippen LogP contribution in [0, 0.1) is 12.8 Å². The number of amides is 1. The van der Waals surface area contributed by atoms with Gasteiger partial charge in [-0.05, 0) is 26.1 Å². The molecule has 1 aliphatic rings. The Bertz CT molecular complexity index is 672. The van der Waals surface area contributed by atoms with Gasteiger partial charge in [0.1, 0.15) is 0 Å². The molecule has 0 spiro atoms. The van der Waals surface area contributed by atoms with Crippen molar-refractivity contribution in [3.8, 4) is 0 Å². The van der Waals surface area contributed by atoms with Gasteiger partial charge < -0.3 is 15.4 Å². The predicted octanol–water partition coefficient (Wildman–Crippen LogP) is 1.72. The number of aromatic nitrogens is 1. The zero-order chi connectivity index (χ0) is 14.8. The van der Waals surface area contributed by atoms with E-state index in [2.05, 4.69) is 15.6 Å². The minimum Gasteiger partial charge on any atom is -0.379 e. The molecule has 2 aromatic rings. The second-order valence-electron chi connectivity index (χ2n) is 5.36. The summed E-state index contributed by atoms with van der Waals surface area (Å²) in [4.78, 5) is 17.0. The Morgan fingerprint density at radius 1 is 1.33 bits per heavy atom. The molecule has 1 amide bonds. The molecule has 2 atom stereocenters. The number of carbonyl (C=O) groups is 1. The number of carbonyl (C=O) groups excluding carboxylic acids is 1. The van der Waals surface area contributed by atoms with E-state index in [1.165, 1.54) is 0 Å². The number of para-hydroxylation sites is 1. The average molecular weight is 285 g/mol. The molecule has 0 saturated carbocycles. The summed E-state index contributed by atoms with van der Waals surface area (Å²) >= 11 is 0. The minimum atomic E-state index is -0.165. The van der Waals surface area contributed by atoms with Crippen LogP contribution in [0.1, 0.15) is 5.69 Å². The maximum atomic E-state index is 12.5. The third-order valence-corrected chi connectivity index (χ3v) is 3.89. The first-order chi connectivity index (χ1) is 10.2. The molecular formula is C16H19N3O2. The summed E-state index contributed by atoms with van der Waals surface area (Å²) in [6.45, 7) is 2.96. The SMILES string of the molecule is CNC1COCC1C(=O)Nc1cc(C)nc2ccccc12. The Hall–Kier alpha value is -1.98. The van der Waals surface area contributed by atoms with Gasteiger partial charge in [0.2, 0.25) is 5.91 Å². The fourth-order valence-corrected chi connectivity index (χ4v) is 2.73. The highest BCUT2D eigenvalue weighted by molar-refractivity contribution is 6.02. The fraction of sp³-hybridized carbons (Fsp3) is 0.375. The number of fused-ring (bicyclic) bond motifs is 1. The van der Waals surface area contributed by atoms with Crippen LogP contribution in [-0.4, -0.2) is 37.2 Å². The van der Waals surface area contributed by atoms with Crippen LogP contribution >= 0.6 is 0 Å². The molecule has 1 aromatic heterocycles. The topological polar surface area (TPSA) is 63.2 Å². The molecule has 5 heteroatoms. The number of hydrogen-bond acceptors (Lipinski definition) is 4. The van der Waals surface area contributed by atoms with Gasteiger partial charge in [-0.3, -0.25) is 9.78 Å². The number of nitrogens with one attached hydrogen (secondary N) is 2. The van der Waals surface area contributed by atoms with Gasteiger partial charge in [0.05, 0.1) is 30.3 Å². The summed E-state index contributed by atoms with van der Waals surface area (Å²) in [5.41, 5.74) is 2.59. The predicted molar refractivity (Wildman–Crippen MR) is 82.3 cm³/mol. The third kappa shape index (κ3) is 2.75. The zero-order valence-corrected chi connectivity index (χ0v) is 12.2. The lowest BCUT2D eigenvalue weighted by Gasteiger charge is -2.17. The summed E-state index contributed by atoms with van der Waals surface area (Å²) in [7, 11) is 1.85. The van der Waals surface area contributed by atoms with Gasteiger partial charge in [-0.1, -0.05) is 18.2 Å². The first-order valence-electron chi connectivity index (χ1n) is 7.11. The lowest BCUT2D eigenvalue weighted by Crippen LogP contribution is -2.39. The second-order valence-corrected chi connectivity index (χ2v) is 5.36. The molecular weight excluding hydrogens is 266 g/mol. The second kappa shape index (κ2) is 5.79. The maximum absolute atomic E-state index is 12.5. The zero-order valence-electron chi connectivity index (χ0n) is 12.2. The standard InChI is InChI=1S/C16H19N3O2/c1-10-7-14(11-5-3-4-6-13(11)18-10)19-16(20)12-8-21-9-15(12)17-2/h3-7,12,15,17H,8-9H2,1-2H3,(H,18,19,20). The number of aryl methyl sites for hydroxylation is 1. The van der Waals surface area contributed by atoms with Gasteiger partial charge in [0.15, 0.2) is 0 Å². The van der Waals surface area contributed by atoms with Crippen LogP contribution in [0.25, 0.3) is 10.9 Å². The van der Waals surface area contributed by atoms with Crippen molar-refractivity contribution in [2.24, 2.45) is 5.92 Å². The van der Waals surface area contributed by atoms with Crippen molar-refractivity contribution in [1.82, 2.24) is 10.3 Å². The number of rotatable bonds is 3. The summed E-state index contributed by atoms with van der Waals surface area (Å²) in [5.74, 6) is -0.176. The van der Waals surface area contributed by atoms with E-state index in [4.69, 9.17) is 4.74 Å². The molecule has 0 bridgehead atoms. The fourth-order valence-electron chi connectivity index (χ4n) is 2.73. The number of anilines is 1. The van der Waals surface area contributed by atoms with Gasteiger partial charge in [0.25, 0.3) is 0 Å². The van der Waals surface area contributed by atoms with Crippen LogP contribution in [0.4, 0.5) is 5.69 Å². The molecule has 1 aromatic carbocycles. The molecule has 1 fully saturated rings. The average Bonchev–Trinajstić information content (AvgIpc) is 2.95. The van der Waals surface area contributed by atoms with Gasteiger partial charge in [-0.25, -0.2) is 0 Å². The number of nitrogens with zero attached hydrogens (tertiary/aromatic N) is 1. The number of hydrogen-bond donors (Lipinski definition) is 2. The number of pyridine rings is 1. The Labute approximate surface area is 123 Å². The van der Waals surface area contributed by atoms with Gasteiger partial charge in [-0.2, -0.15) is 0 Å². The Morgan fingerprint density at radius 3 is 2.95 bits per heavy atom. The highest BCUT2D eigenvalue weighted by Gasteiger charge is 2.33. The maximum Gasteiger partial charge on any atom is 0.231 e. The van der Waals surface area contributed by atoms with Crippen LogP contribution in [-0.2, 0) is 9.53 Å². The molecule has 2 N–H and O–H groups in total. The summed E-state index contributed by atoms with van der Waals surface area (Å²) < 4.78 is 5.39. The molecule has 0 radical (unpaired) electrons. The molecule has 3 rings (SSSR count). The summed E-state index contributed by atoms with van der Waals surface area (Å²) in [6, 6.07) is 9.79. The Kier molecular flexibility index (Phi) is 3.86. The number of likely N-dealkylation sites (N-methyl/N-ethyl adjacent to an activating group) is 1. The van der Waals surface area contributed by atoms with Crippen molar-refractivity contribution >= 4 is 22.5 Å². The van der Waals surface area contributed by atoms with E-state index in [1.807, 2.05) is 44.3 Å². The van der Waals surface area contributed by atoms with E-state index < -0.39 is 0 Å². The molecule has 1 saturated heterocycles. The van der Waals surface area contributed by atoms with Crippen molar-refractivity contribution in [1.29, 1.82) is 0 Å². The van der Waals surface area contributed by atoms with Crippen LogP contribution in [0.3, 0.4) is 0 Å². The van der Waals surface area contributed by atoms with E-state index in [1.54, 1.807) is 0 Å². The molecule has 5 nitrogen and oxygen atoms in total. The number of benzene rings is 1. The van der Waals surface area contributed by atoms with Gasteiger partial charge in [0, 0.05) is 17.1 Å². The molecule has 0 aliphatic carbocycles. The van der Waals surface area contributed by atoms with Crippen molar-refractivity contribution in [3.05, 3.63) is 36.0 Å². The molecule has 1 aliphatic heterocycles. The summed E-state index contributed by atoms with van der Waals surface area (Å²) in [6.07, 6.45) is 0. The normalized spacial score (nSPS) is 21.6. The van der Waals surface area contributed by atoms with Crippen LogP contribution in [0.2, 0.25) is 0 Å². The van der Waals surface area contributed by atoms with Crippen molar-refractivity contribution in [3.63, 3.8) is 0 Å². The highest BCUT2D eigenvalue weighted by atomic mass is 16.5. The molecule has 21 heavy (non-hydrogen) atoms. The van der Waals surface area contributed by atoms with E-state index in [0.717, 1.165) is 22.3 Å². The lowest BCUT2D eigenvalue weighted by atomic mass is 10.0. The molecule has 2 unspecified atom stereocenters. The highest BCUT2D eigenvalue weighted by Crippen LogP contribution is 2.24. The Morgan fingerprint density at radius 2 is 2.14 bits per heavy atom. The smallest absolute Gasteiger partial charge is 0.231 e. The molecule has 2 heterocycles. The minimum absolute atomic E-state index is 0.0115. The van der Waals surface area contributed by atoms with Crippen LogP contribution in [0.15, 0.2) is 30.3 Å². The first-order valence-corrected chi connectivity index (χ1v) is 7.11. The van der Waals surface area contributed by atoms with E-state index in [9.17, 15) is 4.79 Å². The largest absolute Gasteiger partial charge is 0.379 e. The van der Waals surface area contributed by atoms with Crippen LogP contribution in [0.5, 0.6) is 0 Å². The molecule has 110 valence electrons. The first kappa shape index (κ1) is 14.0. The van der Waals surface area contributed by atoms with Gasteiger partial charge in [-0.15, -0.1) is 0 Å². The van der Waals surface area contributed by atoms with Gasteiger partial charge >= 0.3 is 0 Å². The monoisotopic (exact) mass is 285 g/mol. The summed E-state index contributed by atoms with van der Waals surface area (Å²) in [5, 5.41) is 7.12. The van der Waals surface area contributed by atoms with E-state index in [-0.39, 0.29) is 17.9 Å². The van der Waals surface area contributed by atoms with E-state index in [0.29, 0.717) is 13.2 Å². The van der Waals surface area contributed by atoms with Crippen molar-refractivity contribution < 1.29 is 9.53 Å². The van der Waals surface area contributed by atoms with Crippen LogP contribution < -0.4 is 10.6 Å². The quantitative estimate of drug-likeness (QED) is 0.901. The van der Waals surface area contributed by atoms with Crippen molar-refractivity contribution in [2.75, 3.05) is 25.6 Å². The van der Waals surface area contributed by atoms with E-state index >= 15 is 0 Å². The van der Waals surface area contributed by atoms with Crippen molar-refractivity contribution in [2.45, 2.75) is 13.0 Å². The Balaban J connectivity index is 1.89.